The first-order chi connectivity index (χ1) is 22.6. The van der Waals surface area contributed by atoms with Crippen molar-refractivity contribution in [2.45, 2.75) is 76.5 Å². The monoisotopic (exact) mass is 661 g/mol. The molecule has 0 unspecified atom stereocenters. The minimum absolute atomic E-state index is 0.144. The number of pyridine rings is 1. The average molecular weight is 662 g/mol. The zero-order chi connectivity index (χ0) is 33.3. The van der Waals surface area contributed by atoms with Crippen molar-refractivity contribution in [1.82, 2.24) is 25.1 Å². The summed E-state index contributed by atoms with van der Waals surface area (Å²) in [6.07, 6.45) is 6.90. The maximum atomic E-state index is 14.0. The topological polar surface area (TPSA) is 123 Å². The smallest absolute Gasteiger partial charge is 0.332 e. The van der Waals surface area contributed by atoms with Crippen LogP contribution in [0.2, 0.25) is 0 Å². The number of esters is 1. The molecule has 3 amide bonds. The van der Waals surface area contributed by atoms with Gasteiger partial charge in [-0.3, -0.25) is 4.79 Å². The van der Waals surface area contributed by atoms with E-state index in [4.69, 9.17) is 24.2 Å². The Labute approximate surface area is 279 Å². The molecule has 47 heavy (non-hydrogen) atoms. The number of carbonyl (C=O) groups excluding carboxylic acids is 3. The number of ether oxygens (including phenoxy) is 3. The number of hydrogen-bond acceptors (Lipinski definition) is 9. The van der Waals surface area contributed by atoms with E-state index >= 15 is 0 Å². The van der Waals surface area contributed by atoms with Crippen LogP contribution >= 0.6 is 11.3 Å². The quantitative estimate of drug-likeness (QED) is 0.259. The zero-order valence-electron chi connectivity index (χ0n) is 27.7. The number of nitrogens with one attached hydrogen (secondary N) is 1. The molecule has 11 nitrogen and oxygen atoms in total. The Balaban J connectivity index is 1.32. The van der Waals surface area contributed by atoms with Gasteiger partial charge in [0.05, 0.1) is 31.5 Å². The van der Waals surface area contributed by atoms with Crippen LogP contribution in [0.15, 0.2) is 41.8 Å². The number of benzene rings is 1. The lowest BCUT2D eigenvalue weighted by Crippen LogP contribution is -2.55. The standard InChI is InChI=1S/C35H43N5O6S/c1-6-45-33(42)35-18-22(35)11-9-7-8-10-14-39(4)34(43)40-19-24(16-29(40)31(41)38-35)46-30-17-27(32-37-28(20-47-32)21(2)3)36-26-15-23(44-5)12-13-25(26)30/h9,11-13,15,17,20-22,24,29H,6-8,10,14,16,18-19H2,1-5H3,(H,38,41)/t22-,24-,29+,35-/m1/s1. The number of nitrogens with zero attached hydrogens (tertiary/aromatic N) is 4. The molecule has 250 valence electrons. The van der Waals surface area contributed by atoms with E-state index in [0.29, 0.717) is 35.7 Å². The van der Waals surface area contributed by atoms with Crippen molar-refractivity contribution in [3.63, 3.8) is 0 Å². The highest BCUT2D eigenvalue weighted by atomic mass is 32.1. The summed E-state index contributed by atoms with van der Waals surface area (Å²) in [5, 5.41) is 6.62. The first-order valence-corrected chi connectivity index (χ1v) is 17.3. The highest BCUT2D eigenvalue weighted by molar-refractivity contribution is 7.13. The van der Waals surface area contributed by atoms with Crippen molar-refractivity contribution in [2.24, 2.45) is 5.92 Å². The second-order valence-electron chi connectivity index (χ2n) is 12.9. The van der Waals surface area contributed by atoms with Crippen LogP contribution in [0.25, 0.3) is 21.6 Å². The molecule has 4 heterocycles. The number of thiazole rings is 1. The van der Waals surface area contributed by atoms with E-state index in [1.54, 1.807) is 30.9 Å². The summed E-state index contributed by atoms with van der Waals surface area (Å²) in [7, 11) is 3.38. The lowest BCUT2D eigenvalue weighted by Gasteiger charge is -2.30. The number of fused-ring (bicyclic) bond motifs is 3. The molecule has 2 fully saturated rings. The van der Waals surface area contributed by atoms with E-state index in [0.717, 1.165) is 35.4 Å². The molecule has 0 bridgehead atoms. The summed E-state index contributed by atoms with van der Waals surface area (Å²) in [5.74, 6) is 0.567. The van der Waals surface area contributed by atoms with Gasteiger partial charge in [-0.25, -0.2) is 19.6 Å². The molecule has 3 aliphatic rings. The molecular formula is C35H43N5O6S. The van der Waals surface area contributed by atoms with Gasteiger partial charge in [0.2, 0.25) is 5.91 Å². The molecule has 1 N–H and O–H groups in total. The van der Waals surface area contributed by atoms with Gasteiger partial charge < -0.3 is 29.3 Å². The number of methoxy groups -OCH3 is 1. The van der Waals surface area contributed by atoms with Crippen LogP contribution in [-0.2, 0) is 14.3 Å². The number of rotatable bonds is 7. The molecule has 1 aromatic carbocycles. The molecule has 2 aliphatic heterocycles. The highest BCUT2D eigenvalue weighted by Gasteiger charge is 2.62. The number of amides is 3. The number of aromatic nitrogens is 2. The lowest BCUT2D eigenvalue weighted by molar-refractivity contribution is -0.149. The van der Waals surface area contributed by atoms with Crippen LogP contribution in [0.1, 0.15) is 64.5 Å². The summed E-state index contributed by atoms with van der Waals surface area (Å²) in [5.41, 5.74) is 1.23. The molecule has 1 saturated heterocycles. The first-order valence-electron chi connectivity index (χ1n) is 16.4. The molecule has 3 aromatic rings. The first kappa shape index (κ1) is 32.7. The SMILES string of the molecule is CCOC(=O)[C@@]12C[C@H]1C=CCCCCN(C)C(=O)N1C[C@H](Oc3cc(-c4nc(C(C)C)cs4)nc4cc(OC)ccc34)C[C@H]1C(=O)N2. The molecule has 12 heteroatoms. The van der Waals surface area contributed by atoms with Gasteiger partial charge in [-0.1, -0.05) is 26.0 Å². The fraction of sp³-hybridized carbons (Fsp3) is 0.514. The van der Waals surface area contributed by atoms with Crippen LogP contribution in [0.4, 0.5) is 4.79 Å². The van der Waals surface area contributed by atoms with Crippen molar-refractivity contribution in [2.75, 3.05) is 33.9 Å². The minimum Gasteiger partial charge on any atom is -0.497 e. The van der Waals surface area contributed by atoms with Gasteiger partial charge >= 0.3 is 12.0 Å². The second-order valence-corrected chi connectivity index (χ2v) is 13.7. The molecule has 4 atom stereocenters. The Bertz CT molecular complexity index is 1690. The maximum Gasteiger partial charge on any atom is 0.332 e. The molecular weight excluding hydrogens is 618 g/mol. The van der Waals surface area contributed by atoms with Crippen LogP contribution in [0, 0.1) is 5.92 Å². The highest BCUT2D eigenvalue weighted by Crippen LogP contribution is 2.46. The molecule has 1 saturated carbocycles. The third kappa shape index (κ3) is 6.65. The summed E-state index contributed by atoms with van der Waals surface area (Å²) < 4.78 is 17.6. The zero-order valence-corrected chi connectivity index (χ0v) is 28.5. The summed E-state index contributed by atoms with van der Waals surface area (Å²) >= 11 is 1.53. The lowest BCUT2D eigenvalue weighted by atomic mass is 10.1. The largest absolute Gasteiger partial charge is 0.497 e. The fourth-order valence-corrected chi connectivity index (χ4v) is 7.34. The van der Waals surface area contributed by atoms with Crippen molar-refractivity contribution < 1.29 is 28.6 Å². The Hall–Kier alpha value is -4.19. The van der Waals surface area contributed by atoms with Gasteiger partial charge in [0.15, 0.2) is 0 Å². The van der Waals surface area contributed by atoms with Gasteiger partial charge in [-0.05, 0) is 50.7 Å². The van der Waals surface area contributed by atoms with E-state index in [9.17, 15) is 14.4 Å². The third-order valence-electron chi connectivity index (χ3n) is 9.23. The van der Waals surface area contributed by atoms with Crippen LogP contribution < -0.4 is 14.8 Å². The minimum atomic E-state index is -1.12. The van der Waals surface area contributed by atoms with Gasteiger partial charge in [-0.15, -0.1) is 11.3 Å². The number of carbonyl (C=O) groups is 3. The Kier molecular flexibility index (Phi) is 9.41. The van der Waals surface area contributed by atoms with E-state index in [2.05, 4.69) is 25.2 Å². The molecule has 1 aliphatic carbocycles. The van der Waals surface area contributed by atoms with Gasteiger partial charge in [-0.2, -0.15) is 0 Å². The molecule has 2 aromatic heterocycles. The predicted molar refractivity (Wildman–Crippen MR) is 180 cm³/mol. The van der Waals surface area contributed by atoms with Crippen molar-refractivity contribution in [3.8, 4) is 22.2 Å². The number of urea groups is 1. The van der Waals surface area contributed by atoms with Gasteiger partial charge in [0.1, 0.15) is 39.9 Å². The fourth-order valence-electron chi connectivity index (χ4n) is 6.40. The Morgan fingerprint density at radius 1 is 1.19 bits per heavy atom. The van der Waals surface area contributed by atoms with Crippen LogP contribution in [0.3, 0.4) is 0 Å². The predicted octanol–water partition coefficient (Wildman–Crippen LogP) is 5.54. The molecule has 6 rings (SSSR count). The van der Waals surface area contributed by atoms with Crippen molar-refractivity contribution >= 4 is 40.1 Å². The third-order valence-corrected chi connectivity index (χ3v) is 10.1. The van der Waals surface area contributed by atoms with E-state index in [1.165, 1.54) is 11.3 Å². The van der Waals surface area contributed by atoms with Crippen LogP contribution in [0.5, 0.6) is 11.5 Å². The molecule has 0 radical (unpaired) electrons. The van der Waals surface area contributed by atoms with Crippen molar-refractivity contribution in [3.05, 3.63) is 47.5 Å². The number of allylic oxidation sites excluding steroid dienone is 1. The summed E-state index contributed by atoms with van der Waals surface area (Å²) in [6.45, 7) is 6.96. The van der Waals surface area contributed by atoms with Gasteiger partial charge in [0.25, 0.3) is 0 Å². The number of hydrogen-bond donors (Lipinski definition) is 1. The van der Waals surface area contributed by atoms with E-state index < -0.39 is 23.7 Å². The Morgan fingerprint density at radius 3 is 2.77 bits per heavy atom. The van der Waals surface area contributed by atoms with Crippen molar-refractivity contribution in [1.29, 1.82) is 0 Å². The van der Waals surface area contributed by atoms with Crippen LogP contribution in [-0.4, -0.2) is 89.2 Å². The average Bonchev–Trinajstić information content (AvgIpc) is 3.36. The van der Waals surface area contributed by atoms with E-state index in [1.807, 2.05) is 35.7 Å². The normalized spacial score (nSPS) is 24.9. The summed E-state index contributed by atoms with van der Waals surface area (Å²) in [4.78, 5) is 53.9. The Morgan fingerprint density at radius 2 is 2.02 bits per heavy atom. The maximum absolute atomic E-state index is 14.0. The summed E-state index contributed by atoms with van der Waals surface area (Å²) in [6, 6.07) is 6.44. The molecule has 0 spiro atoms. The van der Waals surface area contributed by atoms with Gasteiger partial charge in [0, 0.05) is 48.8 Å². The van der Waals surface area contributed by atoms with E-state index in [-0.39, 0.29) is 43.3 Å². The second kappa shape index (κ2) is 13.5.